The Hall–Kier alpha value is -0.860. The highest BCUT2D eigenvalue weighted by atomic mass is 35.5. The van der Waals surface area contributed by atoms with Crippen LogP contribution in [0.4, 0.5) is 0 Å². The third-order valence-corrected chi connectivity index (χ3v) is 2.03. The van der Waals surface area contributed by atoms with Gasteiger partial charge in [-0.25, -0.2) is 0 Å². The van der Waals surface area contributed by atoms with E-state index >= 15 is 0 Å². The molecule has 1 unspecified atom stereocenters. The maximum atomic E-state index is 11.1. The number of rotatable bonds is 3. The molecule has 0 saturated carbocycles. The molecule has 1 aromatic rings. The minimum Gasteiger partial charge on any atom is -0.369 e. The van der Waals surface area contributed by atoms with Crippen molar-refractivity contribution in [1.82, 2.24) is 0 Å². The van der Waals surface area contributed by atoms with Crippen LogP contribution < -0.4 is 0 Å². The number of methoxy groups -OCH3 is 1. The summed E-state index contributed by atoms with van der Waals surface area (Å²) in [5.41, 5.74) is 0.833. The molecule has 0 bridgehead atoms. The molecule has 13 heavy (non-hydrogen) atoms. The first-order valence-corrected chi connectivity index (χ1v) is 4.31. The van der Waals surface area contributed by atoms with Gasteiger partial charge in [-0.2, -0.15) is 0 Å². The van der Waals surface area contributed by atoms with E-state index in [1.807, 2.05) is 0 Å². The number of hydrogen-bond acceptors (Lipinski definition) is 2. The molecule has 0 amide bonds. The van der Waals surface area contributed by atoms with Gasteiger partial charge in [0.15, 0.2) is 5.78 Å². The van der Waals surface area contributed by atoms with Crippen molar-refractivity contribution >= 4 is 17.4 Å². The lowest BCUT2D eigenvalue weighted by Gasteiger charge is -2.11. The van der Waals surface area contributed by atoms with Gasteiger partial charge in [-0.1, -0.05) is 23.7 Å². The van der Waals surface area contributed by atoms with Crippen LogP contribution in [0.25, 0.3) is 0 Å². The first kappa shape index (κ1) is 10.2. The summed E-state index contributed by atoms with van der Waals surface area (Å²) in [5.74, 6) is -0.00942. The van der Waals surface area contributed by atoms with Crippen LogP contribution in [0.3, 0.4) is 0 Å². The Morgan fingerprint density at radius 1 is 1.38 bits per heavy atom. The summed E-state index contributed by atoms with van der Waals surface area (Å²) >= 11 is 5.71. The minimum atomic E-state index is -0.475. The quantitative estimate of drug-likeness (QED) is 0.747. The molecule has 3 heteroatoms. The number of benzene rings is 1. The van der Waals surface area contributed by atoms with E-state index in [0.717, 1.165) is 5.56 Å². The first-order chi connectivity index (χ1) is 6.15. The van der Waals surface area contributed by atoms with Gasteiger partial charge in [-0.3, -0.25) is 4.79 Å². The second-order valence-electron chi connectivity index (χ2n) is 2.78. The summed E-state index contributed by atoms with van der Waals surface area (Å²) in [6, 6.07) is 7.06. The Morgan fingerprint density at radius 3 is 2.31 bits per heavy atom. The number of ketones is 1. The second-order valence-corrected chi connectivity index (χ2v) is 3.21. The fraction of sp³-hybridized carbons (Fsp3) is 0.300. The van der Waals surface area contributed by atoms with Crippen LogP contribution in [-0.2, 0) is 9.53 Å². The molecule has 0 aliphatic rings. The molecular formula is C10H11ClO2. The van der Waals surface area contributed by atoms with Gasteiger partial charge in [-0.05, 0) is 24.6 Å². The lowest BCUT2D eigenvalue weighted by atomic mass is 10.1. The van der Waals surface area contributed by atoms with Crippen molar-refractivity contribution in [2.24, 2.45) is 0 Å². The summed E-state index contributed by atoms with van der Waals surface area (Å²) in [4.78, 5) is 11.1. The zero-order valence-electron chi connectivity index (χ0n) is 7.58. The molecule has 0 radical (unpaired) electrons. The molecule has 1 rings (SSSR count). The molecule has 0 aliphatic carbocycles. The van der Waals surface area contributed by atoms with Crippen LogP contribution in [0, 0.1) is 0 Å². The van der Waals surface area contributed by atoms with Crippen molar-refractivity contribution in [3.8, 4) is 0 Å². The van der Waals surface area contributed by atoms with Gasteiger partial charge in [0.2, 0.25) is 0 Å². The molecule has 0 aromatic heterocycles. The molecule has 0 spiro atoms. The third-order valence-electron chi connectivity index (χ3n) is 1.78. The average molecular weight is 199 g/mol. The van der Waals surface area contributed by atoms with E-state index in [1.54, 1.807) is 24.3 Å². The van der Waals surface area contributed by atoms with Crippen LogP contribution in [0.2, 0.25) is 5.02 Å². The average Bonchev–Trinajstić information content (AvgIpc) is 2.09. The highest BCUT2D eigenvalue weighted by molar-refractivity contribution is 6.30. The normalized spacial score (nSPS) is 12.5. The molecule has 1 atom stereocenters. The van der Waals surface area contributed by atoms with Gasteiger partial charge in [0.1, 0.15) is 6.10 Å². The predicted octanol–water partition coefficient (Wildman–Crippen LogP) is 2.62. The number of ether oxygens (including phenoxy) is 1. The Kier molecular flexibility index (Phi) is 3.46. The van der Waals surface area contributed by atoms with Crippen LogP contribution in [-0.4, -0.2) is 12.9 Å². The smallest absolute Gasteiger partial charge is 0.163 e. The van der Waals surface area contributed by atoms with E-state index < -0.39 is 6.10 Å². The van der Waals surface area contributed by atoms with Gasteiger partial charge in [0, 0.05) is 12.1 Å². The van der Waals surface area contributed by atoms with Crippen molar-refractivity contribution in [2.75, 3.05) is 7.11 Å². The maximum absolute atomic E-state index is 11.1. The molecule has 0 heterocycles. The number of halogens is 1. The molecule has 0 aliphatic heterocycles. The third kappa shape index (κ3) is 2.54. The van der Waals surface area contributed by atoms with Crippen molar-refractivity contribution < 1.29 is 9.53 Å². The van der Waals surface area contributed by atoms with Crippen LogP contribution in [0.1, 0.15) is 18.6 Å². The Labute approximate surface area is 82.5 Å². The monoisotopic (exact) mass is 198 g/mol. The summed E-state index contributed by atoms with van der Waals surface area (Å²) in [6.07, 6.45) is -0.475. The fourth-order valence-corrected chi connectivity index (χ4v) is 1.30. The number of carbonyl (C=O) groups excluding carboxylic acids is 1. The van der Waals surface area contributed by atoms with E-state index in [4.69, 9.17) is 16.3 Å². The predicted molar refractivity (Wildman–Crippen MR) is 51.9 cm³/mol. The highest BCUT2D eigenvalue weighted by Crippen LogP contribution is 2.19. The summed E-state index contributed by atoms with van der Waals surface area (Å²) in [5, 5.41) is 0.655. The van der Waals surface area contributed by atoms with Crippen LogP contribution in [0.5, 0.6) is 0 Å². The SMILES string of the molecule is COC(C(C)=O)c1ccc(Cl)cc1. The zero-order chi connectivity index (χ0) is 9.84. The van der Waals surface area contributed by atoms with E-state index in [1.165, 1.54) is 14.0 Å². The molecule has 0 N–H and O–H groups in total. The van der Waals surface area contributed by atoms with Crippen LogP contribution in [0.15, 0.2) is 24.3 Å². The van der Waals surface area contributed by atoms with Crippen LogP contribution >= 0.6 is 11.6 Å². The lowest BCUT2D eigenvalue weighted by molar-refractivity contribution is -0.126. The number of hydrogen-bond donors (Lipinski definition) is 0. The number of Topliss-reactive ketones (excluding diaryl/α,β-unsaturated/α-hetero) is 1. The zero-order valence-corrected chi connectivity index (χ0v) is 8.34. The lowest BCUT2D eigenvalue weighted by Crippen LogP contribution is -2.10. The standard InChI is InChI=1S/C10H11ClO2/c1-7(12)10(13-2)8-3-5-9(11)6-4-8/h3-6,10H,1-2H3. The van der Waals surface area contributed by atoms with Gasteiger partial charge in [0.25, 0.3) is 0 Å². The summed E-state index contributed by atoms with van der Waals surface area (Å²) in [7, 11) is 1.51. The topological polar surface area (TPSA) is 26.3 Å². The van der Waals surface area contributed by atoms with Gasteiger partial charge < -0.3 is 4.74 Å². The minimum absolute atomic E-state index is 0.00942. The second kappa shape index (κ2) is 4.40. The maximum Gasteiger partial charge on any atom is 0.163 e. The van der Waals surface area contributed by atoms with Gasteiger partial charge >= 0.3 is 0 Å². The molecule has 1 aromatic carbocycles. The van der Waals surface area contributed by atoms with Crippen molar-refractivity contribution in [1.29, 1.82) is 0 Å². The Bertz CT molecular complexity index is 292. The molecular weight excluding hydrogens is 188 g/mol. The highest BCUT2D eigenvalue weighted by Gasteiger charge is 2.14. The first-order valence-electron chi connectivity index (χ1n) is 3.94. The molecule has 0 saturated heterocycles. The van der Waals surface area contributed by atoms with E-state index in [-0.39, 0.29) is 5.78 Å². The van der Waals surface area contributed by atoms with E-state index in [0.29, 0.717) is 5.02 Å². The number of carbonyl (C=O) groups is 1. The molecule has 70 valence electrons. The van der Waals surface area contributed by atoms with Gasteiger partial charge in [0.05, 0.1) is 0 Å². The van der Waals surface area contributed by atoms with E-state index in [9.17, 15) is 4.79 Å². The Morgan fingerprint density at radius 2 is 1.92 bits per heavy atom. The van der Waals surface area contributed by atoms with Crippen molar-refractivity contribution in [3.63, 3.8) is 0 Å². The fourth-order valence-electron chi connectivity index (χ4n) is 1.17. The summed E-state index contributed by atoms with van der Waals surface area (Å²) in [6.45, 7) is 1.50. The van der Waals surface area contributed by atoms with Crippen molar-refractivity contribution in [2.45, 2.75) is 13.0 Å². The largest absolute Gasteiger partial charge is 0.369 e. The van der Waals surface area contributed by atoms with Crippen molar-refractivity contribution in [3.05, 3.63) is 34.9 Å². The van der Waals surface area contributed by atoms with E-state index in [2.05, 4.69) is 0 Å². The summed E-state index contributed by atoms with van der Waals surface area (Å²) < 4.78 is 5.05. The molecule has 2 nitrogen and oxygen atoms in total. The van der Waals surface area contributed by atoms with Gasteiger partial charge in [-0.15, -0.1) is 0 Å². The Balaban J connectivity index is 2.92. The molecule has 0 fully saturated rings.